The molecule has 0 radical (unpaired) electrons. The fraction of sp³-hybridized carbons (Fsp3) is 0.625. The molecular formula is C16H26N2O. The molecule has 1 aliphatic heterocycles. The van der Waals surface area contributed by atoms with Crippen LogP contribution in [-0.4, -0.2) is 31.6 Å². The first kappa shape index (κ1) is 14.4. The second-order valence-electron chi connectivity index (χ2n) is 6.39. The van der Waals surface area contributed by atoms with E-state index in [-0.39, 0.29) is 6.04 Å². The molecule has 2 N–H and O–H groups in total. The molecule has 1 atom stereocenters. The van der Waals surface area contributed by atoms with Crippen molar-refractivity contribution in [3.8, 4) is 5.75 Å². The molecule has 19 heavy (non-hydrogen) atoms. The van der Waals surface area contributed by atoms with Gasteiger partial charge in [-0.2, -0.15) is 0 Å². The van der Waals surface area contributed by atoms with Crippen LogP contribution < -0.4 is 10.5 Å². The monoisotopic (exact) mass is 262 g/mol. The molecule has 0 amide bonds. The van der Waals surface area contributed by atoms with Gasteiger partial charge in [0.05, 0.1) is 7.11 Å². The smallest absolute Gasteiger partial charge is 0.119 e. The zero-order valence-corrected chi connectivity index (χ0v) is 12.4. The lowest BCUT2D eigenvalue weighted by Gasteiger charge is -2.39. The first-order valence-electron chi connectivity index (χ1n) is 7.12. The van der Waals surface area contributed by atoms with Crippen LogP contribution in [0.3, 0.4) is 0 Å². The summed E-state index contributed by atoms with van der Waals surface area (Å²) in [5.41, 5.74) is 7.92. The van der Waals surface area contributed by atoms with E-state index in [1.807, 2.05) is 18.2 Å². The van der Waals surface area contributed by atoms with Gasteiger partial charge in [-0.1, -0.05) is 26.0 Å². The highest BCUT2D eigenvalue weighted by Crippen LogP contribution is 2.29. The van der Waals surface area contributed by atoms with Gasteiger partial charge in [0.2, 0.25) is 0 Å². The lowest BCUT2D eigenvalue weighted by Crippen LogP contribution is -2.43. The number of rotatable bonds is 4. The van der Waals surface area contributed by atoms with E-state index in [2.05, 4.69) is 24.8 Å². The number of likely N-dealkylation sites (tertiary alicyclic amines) is 1. The Kier molecular flexibility index (Phi) is 4.48. The van der Waals surface area contributed by atoms with Crippen LogP contribution in [0, 0.1) is 5.41 Å². The topological polar surface area (TPSA) is 38.5 Å². The molecule has 1 heterocycles. The van der Waals surface area contributed by atoms with Crippen LogP contribution in [0.4, 0.5) is 0 Å². The molecule has 1 aliphatic rings. The average Bonchev–Trinajstić information content (AvgIpc) is 2.37. The third-order valence-electron chi connectivity index (χ3n) is 3.96. The van der Waals surface area contributed by atoms with Gasteiger partial charge in [0.15, 0.2) is 0 Å². The van der Waals surface area contributed by atoms with E-state index in [0.717, 1.165) is 24.4 Å². The zero-order valence-electron chi connectivity index (χ0n) is 12.4. The minimum Gasteiger partial charge on any atom is -0.497 e. The van der Waals surface area contributed by atoms with Crippen molar-refractivity contribution in [2.45, 2.75) is 32.7 Å². The molecule has 0 spiro atoms. The molecule has 2 rings (SSSR count). The molecule has 1 aromatic rings. The highest BCUT2D eigenvalue weighted by atomic mass is 16.5. The molecule has 0 aromatic heterocycles. The maximum atomic E-state index is 6.34. The third kappa shape index (κ3) is 3.95. The first-order valence-corrected chi connectivity index (χ1v) is 7.12. The van der Waals surface area contributed by atoms with E-state index in [4.69, 9.17) is 10.5 Å². The summed E-state index contributed by atoms with van der Waals surface area (Å²) in [4.78, 5) is 2.49. The summed E-state index contributed by atoms with van der Waals surface area (Å²) in [6.07, 6.45) is 2.59. The summed E-state index contributed by atoms with van der Waals surface area (Å²) < 4.78 is 5.26. The Morgan fingerprint density at radius 2 is 2.21 bits per heavy atom. The van der Waals surface area contributed by atoms with Crippen molar-refractivity contribution in [3.05, 3.63) is 29.8 Å². The maximum Gasteiger partial charge on any atom is 0.119 e. The minimum atomic E-state index is 0.0593. The van der Waals surface area contributed by atoms with Gasteiger partial charge in [-0.25, -0.2) is 0 Å². The van der Waals surface area contributed by atoms with Crippen LogP contribution in [0.5, 0.6) is 5.75 Å². The summed E-state index contributed by atoms with van der Waals surface area (Å²) in [6, 6.07) is 8.15. The van der Waals surface area contributed by atoms with Crippen molar-refractivity contribution in [1.29, 1.82) is 0 Å². The Bertz CT molecular complexity index is 417. The Hall–Kier alpha value is -1.06. The number of hydrogen-bond acceptors (Lipinski definition) is 3. The third-order valence-corrected chi connectivity index (χ3v) is 3.96. The molecular weight excluding hydrogens is 236 g/mol. The van der Waals surface area contributed by atoms with E-state index in [1.165, 1.54) is 19.4 Å². The van der Waals surface area contributed by atoms with Crippen LogP contribution in [0.15, 0.2) is 24.3 Å². The molecule has 1 unspecified atom stereocenters. The molecule has 1 fully saturated rings. The second-order valence-corrected chi connectivity index (χ2v) is 6.39. The van der Waals surface area contributed by atoms with Crippen molar-refractivity contribution >= 4 is 0 Å². The Balaban J connectivity index is 1.98. The van der Waals surface area contributed by atoms with Gasteiger partial charge in [-0.05, 0) is 42.5 Å². The fourth-order valence-electron chi connectivity index (χ4n) is 2.96. The van der Waals surface area contributed by atoms with Crippen molar-refractivity contribution in [3.63, 3.8) is 0 Å². The summed E-state index contributed by atoms with van der Waals surface area (Å²) in [5, 5.41) is 0. The van der Waals surface area contributed by atoms with Crippen molar-refractivity contribution in [1.82, 2.24) is 4.90 Å². The summed E-state index contributed by atoms with van der Waals surface area (Å²) in [5.74, 6) is 0.881. The number of piperidine rings is 1. The Morgan fingerprint density at radius 1 is 1.42 bits per heavy atom. The molecule has 0 saturated carbocycles. The summed E-state index contributed by atoms with van der Waals surface area (Å²) >= 11 is 0. The van der Waals surface area contributed by atoms with Crippen LogP contribution >= 0.6 is 0 Å². The van der Waals surface area contributed by atoms with E-state index >= 15 is 0 Å². The van der Waals surface area contributed by atoms with Crippen LogP contribution in [0.1, 0.15) is 38.3 Å². The molecule has 0 bridgehead atoms. The van der Waals surface area contributed by atoms with Crippen molar-refractivity contribution < 1.29 is 4.74 Å². The highest BCUT2D eigenvalue weighted by molar-refractivity contribution is 5.30. The number of ether oxygens (including phenoxy) is 1. The lowest BCUT2D eigenvalue weighted by molar-refractivity contribution is 0.112. The molecule has 106 valence electrons. The SMILES string of the molecule is COc1cccc(C(N)CN2CCCC(C)(C)C2)c1. The molecule has 3 nitrogen and oxygen atoms in total. The standard InChI is InChI=1S/C16H26N2O/c1-16(2)8-5-9-18(12-16)11-15(17)13-6-4-7-14(10-13)19-3/h4,6-7,10,15H,5,8-9,11-12,17H2,1-3H3. The number of nitrogens with two attached hydrogens (primary N) is 1. The van der Waals surface area contributed by atoms with Gasteiger partial charge >= 0.3 is 0 Å². The fourth-order valence-corrected chi connectivity index (χ4v) is 2.96. The van der Waals surface area contributed by atoms with Gasteiger partial charge in [0.25, 0.3) is 0 Å². The first-order chi connectivity index (χ1) is 9.00. The minimum absolute atomic E-state index is 0.0593. The molecule has 3 heteroatoms. The number of hydrogen-bond donors (Lipinski definition) is 1. The van der Waals surface area contributed by atoms with Crippen LogP contribution in [-0.2, 0) is 0 Å². The number of benzene rings is 1. The normalized spacial score (nSPS) is 21.1. The predicted molar refractivity (Wildman–Crippen MR) is 79.4 cm³/mol. The summed E-state index contributed by atoms with van der Waals surface area (Å²) in [7, 11) is 1.69. The summed E-state index contributed by atoms with van der Waals surface area (Å²) in [6.45, 7) is 7.93. The highest BCUT2D eigenvalue weighted by Gasteiger charge is 2.27. The Labute approximate surface area is 116 Å². The molecule has 1 aromatic carbocycles. The maximum absolute atomic E-state index is 6.34. The van der Waals surface area contributed by atoms with Gasteiger partial charge in [-0.15, -0.1) is 0 Å². The van der Waals surface area contributed by atoms with Gasteiger partial charge < -0.3 is 15.4 Å². The molecule has 1 saturated heterocycles. The van der Waals surface area contributed by atoms with E-state index < -0.39 is 0 Å². The second kappa shape index (κ2) is 5.93. The van der Waals surface area contributed by atoms with E-state index in [1.54, 1.807) is 7.11 Å². The van der Waals surface area contributed by atoms with Crippen LogP contribution in [0.25, 0.3) is 0 Å². The average molecular weight is 262 g/mol. The predicted octanol–water partition coefficient (Wildman–Crippen LogP) is 2.82. The van der Waals surface area contributed by atoms with Crippen molar-refractivity contribution in [2.24, 2.45) is 11.1 Å². The van der Waals surface area contributed by atoms with Gasteiger partial charge in [0.1, 0.15) is 5.75 Å². The lowest BCUT2D eigenvalue weighted by atomic mass is 9.84. The largest absolute Gasteiger partial charge is 0.497 e. The number of methoxy groups -OCH3 is 1. The van der Waals surface area contributed by atoms with Gasteiger partial charge in [-0.3, -0.25) is 0 Å². The van der Waals surface area contributed by atoms with Gasteiger partial charge in [0, 0.05) is 19.1 Å². The quantitative estimate of drug-likeness (QED) is 0.907. The zero-order chi connectivity index (χ0) is 13.9. The van der Waals surface area contributed by atoms with Crippen LogP contribution in [0.2, 0.25) is 0 Å². The molecule has 0 aliphatic carbocycles. The van der Waals surface area contributed by atoms with Crippen molar-refractivity contribution in [2.75, 3.05) is 26.7 Å². The van der Waals surface area contributed by atoms with E-state index in [0.29, 0.717) is 5.41 Å². The number of nitrogens with zero attached hydrogens (tertiary/aromatic N) is 1. The Morgan fingerprint density at radius 3 is 2.89 bits per heavy atom. The van der Waals surface area contributed by atoms with E-state index in [9.17, 15) is 0 Å².